The number of rotatable bonds is 5. The Hall–Kier alpha value is -3.38. The second-order valence-electron chi connectivity index (χ2n) is 7.29. The van der Waals surface area contributed by atoms with Crippen LogP contribution in [0.15, 0.2) is 121 Å². The van der Waals surface area contributed by atoms with Gasteiger partial charge >= 0.3 is 0 Å². The largest absolute Gasteiger partial charge is 0.0991 e. The molecule has 2 aliphatic carbocycles. The quantitative estimate of drug-likeness (QED) is 0.473. The molecular formula is C29H26. The van der Waals surface area contributed by atoms with Gasteiger partial charge in [0.2, 0.25) is 0 Å². The molecule has 0 heterocycles. The van der Waals surface area contributed by atoms with Crippen LogP contribution in [0.3, 0.4) is 0 Å². The van der Waals surface area contributed by atoms with Crippen LogP contribution in [0.1, 0.15) is 36.1 Å². The number of hydrogen-bond acceptors (Lipinski definition) is 0. The van der Waals surface area contributed by atoms with E-state index in [1.807, 2.05) is 18.2 Å². The van der Waals surface area contributed by atoms with Crippen molar-refractivity contribution in [2.24, 2.45) is 0 Å². The maximum Gasteiger partial charge on any atom is 0.0725 e. The molecule has 2 aromatic carbocycles. The lowest BCUT2D eigenvalue weighted by molar-refractivity contribution is 0.778. The van der Waals surface area contributed by atoms with E-state index in [4.69, 9.17) is 0 Å². The van der Waals surface area contributed by atoms with Crippen LogP contribution in [0, 0.1) is 0 Å². The number of benzene rings is 2. The van der Waals surface area contributed by atoms with Crippen LogP contribution < -0.4 is 0 Å². The monoisotopic (exact) mass is 374 g/mol. The van der Waals surface area contributed by atoms with Gasteiger partial charge in [-0.1, -0.05) is 110 Å². The summed E-state index contributed by atoms with van der Waals surface area (Å²) in [6.07, 6.45) is 16.9. The Bertz CT molecular complexity index is 1140. The van der Waals surface area contributed by atoms with E-state index in [9.17, 15) is 0 Å². The first kappa shape index (κ1) is 19.0. The number of allylic oxidation sites excluding steroid dienone is 12. The Kier molecular flexibility index (Phi) is 4.94. The SMILES string of the molecule is C=C/C=C\C1=C(C=C)c2ccccc2C12C(/C=C\C)=C(/C=C\C)c1ccccc12. The molecule has 142 valence electrons. The van der Waals surface area contributed by atoms with Crippen LogP contribution in [-0.2, 0) is 5.41 Å². The van der Waals surface area contributed by atoms with E-state index in [0.29, 0.717) is 0 Å². The van der Waals surface area contributed by atoms with Crippen LogP contribution in [0.4, 0.5) is 0 Å². The smallest absolute Gasteiger partial charge is 0.0725 e. The Morgan fingerprint density at radius 3 is 1.79 bits per heavy atom. The van der Waals surface area contributed by atoms with Crippen molar-refractivity contribution in [1.29, 1.82) is 0 Å². The van der Waals surface area contributed by atoms with Gasteiger partial charge in [-0.2, -0.15) is 0 Å². The van der Waals surface area contributed by atoms with Gasteiger partial charge in [-0.15, -0.1) is 0 Å². The molecule has 0 saturated heterocycles. The zero-order chi connectivity index (χ0) is 20.4. The first-order valence-electron chi connectivity index (χ1n) is 10.1. The molecule has 0 amide bonds. The molecule has 2 aromatic rings. The van der Waals surface area contributed by atoms with E-state index in [-0.39, 0.29) is 5.41 Å². The van der Waals surface area contributed by atoms with Gasteiger partial charge in [-0.05, 0) is 58.4 Å². The lowest BCUT2D eigenvalue weighted by atomic mass is 9.68. The van der Waals surface area contributed by atoms with Crippen LogP contribution in [0.25, 0.3) is 11.1 Å². The third-order valence-corrected chi connectivity index (χ3v) is 5.90. The average Bonchev–Trinajstić information content (AvgIpc) is 3.19. The number of fused-ring (bicyclic) bond motifs is 4. The Morgan fingerprint density at radius 1 is 0.690 bits per heavy atom. The highest BCUT2D eigenvalue weighted by molar-refractivity contribution is 5.99. The summed E-state index contributed by atoms with van der Waals surface area (Å²) in [6.45, 7) is 12.3. The second-order valence-corrected chi connectivity index (χ2v) is 7.29. The molecule has 0 bridgehead atoms. The molecule has 1 spiro atoms. The molecule has 0 fully saturated rings. The molecule has 0 saturated carbocycles. The summed E-state index contributed by atoms with van der Waals surface area (Å²) in [7, 11) is 0. The Balaban J connectivity index is 2.25. The summed E-state index contributed by atoms with van der Waals surface area (Å²) in [5, 5.41) is 0. The topological polar surface area (TPSA) is 0 Å². The molecule has 0 aliphatic heterocycles. The van der Waals surface area contributed by atoms with Gasteiger partial charge in [0.15, 0.2) is 0 Å². The first-order valence-corrected chi connectivity index (χ1v) is 10.1. The summed E-state index contributed by atoms with van der Waals surface area (Å²) in [5.41, 5.74) is 9.89. The highest BCUT2D eigenvalue weighted by atomic mass is 14.5. The highest BCUT2D eigenvalue weighted by Crippen LogP contribution is 2.61. The van der Waals surface area contributed by atoms with E-state index in [2.05, 4.69) is 106 Å². The minimum absolute atomic E-state index is 0.350. The van der Waals surface area contributed by atoms with Gasteiger partial charge in [0.1, 0.15) is 0 Å². The maximum absolute atomic E-state index is 4.17. The zero-order valence-corrected chi connectivity index (χ0v) is 17.2. The third-order valence-electron chi connectivity index (χ3n) is 5.90. The van der Waals surface area contributed by atoms with Crippen LogP contribution >= 0.6 is 0 Å². The molecule has 0 radical (unpaired) electrons. The first-order chi connectivity index (χ1) is 14.2. The summed E-state index contributed by atoms with van der Waals surface area (Å²) in [6, 6.07) is 17.5. The normalized spacial score (nSPS) is 20.5. The molecule has 1 atom stereocenters. The fourth-order valence-corrected chi connectivity index (χ4v) is 4.98. The Morgan fingerprint density at radius 2 is 1.24 bits per heavy atom. The fraction of sp³-hybridized carbons (Fsp3) is 0.103. The predicted octanol–water partition coefficient (Wildman–Crippen LogP) is 7.59. The van der Waals surface area contributed by atoms with Gasteiger partial charge in [0.05, 0.1) is 5.41 Å². The van der Waals surface area contributed by atoms with Crippen molar-refractivity contribution in [3.05, 3.63) is 144 Å². The van der Waals surface area contributed by atoms with Crippen molar-refractivity contribution in [2.75, 3.05) is 0 Å². The molecule has 2 aliphatic rings. The summed E-state index contributed by atoms with van der Waals surface area (Å²) in [4.78, 5) is 0. The van der Waals surface area contributed by atoms with Crippen molar-refractivity contribution in [3.63, 3.8) is 0 Å². The van der Waals surface area contributed by atoms with E-state index >= 15 is 0 Å². The lowest BCUT2D eigenvalue weighted by Crippen LogP contribution is -2.27. The van der Waals surface area contributed by atoms with Gasteiger partial charge in [-0.25, -0.2) is 0 Å². The van der Waals surface area contributed by atoms with Gasteiger partial charge < -0.3 is 0 Å². The van der Waals surface area contributed by atoms with Crippen LogP contribution in [0.2, 0.25) is 0 Å². The molecular weight excluding hydrogens is 348 g/mol. The minimum Gasteiger partial charge on any atom is -0.0991 e. The second kappa shape index (κ2) is 7.56. The average molecular weight is 375 g/mol. The third kappa shape index (κ3) is 2.53. The number of hydrogen-bond donors (Lipinski definition) is 0. The molecule has 1 unspecified atom stereocenters. The predicted molar refractivity (Wildman–Crippen MR) is 127 cm³/mol. The van der Waals surface area contributed by atoms with E-state index < -0.39 is 0 Å². The van der Waals surface area contributed by atoms with Crippen molar-refractivity contribution in [2.45, 2.75) is 19.3 Å². The molecule has 29 heavy (non-hydrogen) atoms. The van der Waals surface area contributed by atoms with Gasteiger partial charge in [0.25, 0.3) is 0 Å². The zero-order valence-electron chi connectivity index (χ0n) is 17.2. The summed E-state index contributed by atoms with van der Waals surface area (Å²) < 4.78 is 0. The van der Waals surface area contributed by atoms with E-state index in [1.165, 1.54) is 44.5 Å². The fourth-order valence-electron chi connectivity index (χ4n) is 4.98. The maximum atomic E-state index is 4.17. The van der Waals surface area contributed by atoms with Gasteiger partial charge in [0, 0.05) is 0 Å². The van der Waals surface area contributed by atoms with Crippen molar-refractivity contribution >= 4 is 11.1 Å². The van der Waals surface area contributed by atoms with Crippen molar-refractivity contribution in [1.82, 2.24) is 0 Å². The molecule has 0 N–H and O–H groups in total. The lowest BCUT2D eigenvalue weighted by Gasteiger charge is -2.32. The van der Waals surface area contributed by atoms with E-state index in [0.717, 1.165) is 0 Å². The van der Waals surface area contributed by atoms with Gasteiger partial charge in [-0.3, -0.25) is 0 Å². The summed E-state index contributed by atoms with van der Waals surface area (Å²) in [5.74, 6) is 0. The van der Waals surface area contributed by atoms with E-state index in [1.54, 1.807) is 0 Å². The van der Waals surface area contributed by atoms with Crippen LogP contribution in [0.5, 0.6) is 0 Å². The molecule has 4 rings (SSSR count). The van der Waals surface area contributed by atoms with Crippen molar-refractivity contribution < 1.29 is 0 Å². The van der Waals surface area contributed by atoms with Crippen molar-refractivity contribution in [3.8, 4) is 0 Å². The standard InChI is InChI=1S/C29H26/c1-5-9-18-26-21(8-4)23-16-10-12-19-27(23)29(26)25(15-7-3)22(14-6-2)24-17-11-13-20-28(24)29/h5-20H,1,4H2,2-3H3/b14-6-,15-7-,18-9-. The summed E-state index contributed by atoms with van der Waals surface area (Å²) >= 11 is 0. The molecule has 0 nitrogen and oxygen atoms in total. The molecule has 0 heteroatoms. The highest BCUT2D eigenvalue weighted by Gasteiger charge is 2.51. The molecule has 0 aromatic heterocycles. The minimum atomic E-state index is -0.350. The van der Waals surface area contributed by atoms with Crippen LogP contribution in [-0.4, -0.2) is 0 Å². The Labute approximate surface area is 174 Å².